The van der Waals surface area contributed by atoms with E-state index in [1.807, 2.05) is 45.0 Å². The number of ether oxygens (including phenoxy) is 1. The summed E-state index contributed by atoms with van der Waals surface area (Å²) in [6.45, 7) is 8.89. The van der Waals surface area contributed by atoms with Gasteiger partial charge in [0.15, 0.2) is 11.8 Å². The number of aliphatic imine (C=N–C) groups is 1. The summed E-state index contributed by atoms with van der Waals surface area (Å²) < 4.78 is 10.9. The van der Waals surface area contributed by atoms with Crippen LogP contribution in [0.4, 0.5) is 0 Å². The van der Waals surface area contributed by atoms with E-state index in [4.69, 9.17) is 9.26 Å². The number of guanidine groups is 1. The Hall–Kier alpha value is -1.84. The van der Waals surface area contributed by atoms with E-state index in [0.717, 1.165) is 11.3 Å². The molecular formula is C17H26IN5O2. The van der Waals surface area contributed by atoms with Crippen molar-refractivity contribution in [3.63, 3.8) is 0 Å². The van der Waals surface area contributed by atoms with Crippen molar-refractivity contribution in [3.8, 4) is 5.75 Å². The summed E-state index contributed by atoms with van der Waals surface area (Å²) in [5, 5.41) is 10.3. The third-order valence-corrected chi connectivity index (χ3v) is 3.04. The number of hydrogen-bond donors (Lipinski definition) is 2. The van der Waals surface area contributed by atoms with E-state index >= 15 is 0 Å². The molecular weight excluding hydrogens is 433 g/mol. The number of nitrogens with one attached hydrogen (secondary N) is 2. The number of nitrogens with zero attached hydrogens (tertiary/aromatic N) is 3. The van der Waals surface area contributed by atoms with Gasteiger partial charge in [0.1, 0.15) is 11.4 Å². The summed E-state index contributed by atoms with van der Waals surface area (Å²) in [7, 11) is 1.72. The number of halogens is 1. The summed E-state index contributed by atoms with van der Waals surface area (Å²) in [6.07, 6.45) is 0. The zero-order valence-electron chi connectivity index (χ0n) is 15.3. The highest BCUT2D eigenvalue weighted by Crippen LogP contribution is 2.22. The van der Waals surface area contributed by atoms with Crippen molar-refractivity contribution in [2.75, 3.05) is 7.05 Å². The molecule has 0 unspecified atom stereocenters. The van der Waals surface area contributed by atoms with Crippen LogP contribution in [0.25, 0.3) is 0 Å². The summed E-state index contributed by atoms with van der Waals surface area (Å²) >= 11 is 0. The first-order valence-electron chi connectivity index (χ1n) is 7.88. The molecule has 1 aromatic heterocycles. The van der Waals surface area contributed by atoms with E-state index in [1.54, 1.807) is 14.0 Å². The third-order valence-electron chi connectivity index (χ3n) is 3.04. The highest BCUT2D eigenvalue weighted by molar-refractivity contribution is 14.0. The van der Waals surface area contributed by atoms with Crippen LogP contribution in [0.3, 0.4) is 0 Å². The van der Waals surface area contributed by atoms with E-state index in [2.05, 4.69) is 25.8 Å². The van der Waals surface area contributed by atoms with Crippen LogP contribution in [0.15, 0.2) is 33.8 Å². The zero-order valence-corrected chi connectivity index (χ0v) is 17.6. The molecule has 7 nitrogen and oxygen atoms in total. The minimum atomic E-state index is -0.244. The van der Waals surface area contributed by atoms with Gasteiger partial charge >= 0.3 is 0 Å². The van der Waals surface area contributed by atoms with E-state index < -0.39 is 0 Å². The number of rotatable bonds is 5. The van der Waals surface area contributed by atoms with Crippen LogP contribution in [0.5, 0.6) is 5.75 Å². The second kappa shape index (κ2) is 9.59. The fourth-order valence-electron chi connectivity index (χ4n) is 2.05. The van der Waals surface area contributed by atoms with Gasteiger partial charge in [0.25, 0.3) is 0 Å². The van der Waals surface area contributed by atoms with Gasteiger partial charge in [0, 0.05) is 26.1 Å². The molecule has 0 radical (unpaired) electrons. The second-order valence-corrected chi connectivity index (χ2v) is 6.33. The van der Waals surface area contributed by atoms with Crippen molar-refractivity contribution >= 4 is 29.9 Å². The van der Waals surface area contributed by atoms with Crippen LogP contribution >= 0.6 is 24.0 Å². The maximum Gasteiger partial charge on any atom is 0.223 e. The Bertz CT molecular complexity index is 694. The van der Waals surface area contributed by atoms with E-state index in [1.165, 1.54) is 0 Å². The summed E-state index contributed by atoms with van der Waals surface area (Å²) in [6, 6.07) is 7.96. The van der Waals surface area contributed by atoms with Gasteiger partial charge < -0.3 is 19.9 Å². The Morgan fingerprint density at radius 2 is 1.88 bits per heavy atom. The molecule has 0 aliphatic carbocycles. The monoisotopic (exact) mass is 459 g/mol. The zero-order chi connectivity index (χ0) is 17.6. The van der Waals surface area contributed by atoms with Gasteiger partial charge in [-0.2, -0.15) is 4.98 Å². The number of benzene rings is 1. The first-order chi connectivity index (χ1) is 11.4. The second-order valence-electron chi connectivity index (χ2n) is 6.33. The number of para-hydroxylation sites is 1. The third kappa shape index (κ3) is 7.29. The molecule has 1 aromatic carbocycles. The molecule has 0 saturated carbocycles. The van der Waals surface area contributed by atoms with Crippen LogP contribution in [0.2, 0.25) is 0 Å². The molecule has 138 valence electrons. The maximum atomic E-state index is 6.00. The van der Waals surface area contributed by atoms with Crippen LogP contribution in [-0.2, 0) is 13.1 Å². The molecule has 0 fully saturated rings. The molecule has 2 N–H and O–H groups in total. The van der Waals surface area contributed by atoms with Crippen molar-refractivity contribution in [2.24, 2.45) is 4.99 Å². The molecule has 1 heterocycles. The van der Waals surface area contributed by atoms with Crippen LogP contribution in [0.1, 0.15) is 38.0 Å². The van der Waals surface area contributed by atoms with Crippen molar-refractivity contribution in [2.45, 2.75) is 46.4 Å². The van der Waals surface area contributed by atoms with E-state index in [0.29, 0.717) is 30.8 Å². The van der Waals surface area contributed by atoms with Gasteiger partial charge in [-0.25, -0.2) is 0 Å². The molecule has 0 atom stereocenters. The van der Waals surface area contributed by atoms with Gasteiger partial charge in [-0.1, -0.05) is 23.4 Å². The Kier molecular flexibility index (Phi) is 8.14. The minimum absolute atomic E-state index is 0. The van der Waals surface area contributed by atoms with Crippen molar-refractivity contribution in [3.05, 3.63) is 41.5 Å². The fourth-order valence-corrected chi connectivity index (χ4v) is 2.05. The topological polar surface area (TPSA) is 84.6 Å². The van der Waals surface area contributed by atoms with Gasteiger partial charge in [0.05, 0.1) is 6.54 Å². The number of aromatic nitrogens is 2. The Morgan fingerprint density at radius 3 is 2.48 bits per heavy atom. The summed E-state index contributed by atoms with van der Waals surface area (Å²) in [5.74, 6) is 2.65. The molecule has 0 aliphatic rings. The molecule has 8 heteroatoms. The van der Waals surface area contributed by atoms with Crippen LogP contribution < -0.4 is 15.4 Å². The molecule has 0 amide bonds. The summed E-state index contributed by atoms with van der Waals surface area (Å²) in [5.41, 5.74) is 0.817. The minimum Gasteiger partial charge on any atom is -0.488 e. The smallest absolute Gasteiger partial charge is 0.223 e. The first-order valence-corrected chi connectivity index (χ1v) is 7.88. The lowest BCUT2D eigenvalue weighted by Gasteiger charge is -2.23. The van der Waals surface area contributed by atoms with Crippen LogP contribution in [0, 0.1) is 6.92 Å². The molecule has 25 heavy (non-hydrogen) atoms. The fraction of sp³-hybridized carbons (Fsp3) is 0.471. The Labute approximate surface area is 165 Å². The average molecular weight is 459 g/mol. The predicted molar refractivity (Wildman–Crippen MR) is 108 cm³/mol. The Morgan fingerprint density at radius 1 is 1.20 bits per heavy atom. The highest BCUT2D eigenvalue weighted by atomic mass is 127. The van der Waals surface area contributed by atoms with E-state index in [-0.39, 0.29) is 29.6 Å². The van der Waals surface area contributed by atoms with Gasteiger partial charge in [0.2, 0.25) is 5.89 Å². The molecule has 0 spiro atoms. The molecule has 2 aromatic rings. The number of hydrogen-bond acceptors (Lipinski definition) is 5. The quantitative estimate of drug-likeness (QED) is 0.406. The molecule has 0 saturated heterocycles. The summed E-state index contributed by atoms with van der Waals surface area (Å²) in [4.78, 5) is 8.34. The lowest BCUT2D eigenvalue weighted by atomic mass is 10.1. The molecule has 0 aliphatic heterocycles. The van der Waals surface area contributed by atoms with Crippen LogP contribution in [-0.4, -0.2) is 28.7 Å². The standard InChI is InChI=1S/C17H25N5O2.HI/c1-12-21-15(22-24-12)11-20-16(18-5)19-10-13-8-6-7-9-14(13)23-17(2,3)4;/h6-9H,10-11H2,1-5H3,(H2,18,19,20);1H. The van der Waals surface area contributed by atoms with E-state index in [9.17, 15) is 0 Å². The maximum absolute atomic E-state index is 6.00. The first kappa shape index (κ1) is 21.2. The van der Waals surface area contributed by atoms with Gasteiger partial charge in [-0.05, 0) is 26.8 Å². The SMILES string of the molecule is CN=C(NCc1noc(C)n1)NCc1ccccc1OC(C)(C)C.I. The van der Waals surface area contributed by atoms with Crippen molar-refractivity contribution < 1.29 is 9.26 Å². The molecule has 2 rings (SSSR count). The van der Waals surface area contributed by atoms with Gasteiger partial charge in [-0.3, -0.25) is 4.99 Å². The van der Waals surface area contributed by atoms with Crippen molar-refractivity contribution in [1.29, 1.82) is 0 Å². The highest BCUT2D eigenvalue weighted by Gasteiger charge is 2.14. The molecule has 0 bridgehead atoms. The average Bonchev–Trinajstić information content (AvgIpc) is 2.93. The number of aryl methyl sites for hydroxylation is 1. The van der Waals surface area contributed by atoms with Crippen molar-refractivity contribution in [1.82, 2.24) is 20.8 Å². The van der Waals surface area contributed by atoms with Gasteiger partial charge in [-0.15, -0.1) is 24.0 Å². The predicted octanol–water partition coefficient (Wildman–Crippen LogP) is 3.04. The largest absolute Gasteiger partial charge is 0.488 e. The lowest BCUT2D eigenvalue weighted by molar-refractivity contribution is 0.129. The normalized spacial score (nSPS) is 11.6. The lowest BCUT2D eigenvalue weighted by Crippen LogP contribution is -2.36. The Balaban J connectivity index is 0.00000312.